The molecule has 0 fully saturated rings. The minimum absolute atomic E-state index is 0.275. The van der Waals surface area contributed by atoms with E-state index in [2.05, 4.69) is 10.3 Å². The van der Waals surface area contributed by atoms with Crippen LogP contribution in [-0.2, 0) is 0 Å². The second-order valence-electron chi connectivity index (χ2n) is 3.65. The van der Waals surface area contributed by atoms with E-state index in [1.807, 2.05) is 0 Å². The van der Waals surface area contributed by atoms with E-state index >= 15 is 0 Å². The third-order valence-electron chi connectivity index (χ3n) is 2.42. The summed E-state index contributed by atoms with van der Waals surface area (Å²) < 4.78 is 5.03. The molecule has 18 heavy (non-hydrogen) atoms. The first-order chi connectivity index (χ1) is 8.70. The van der Waals surface area contributed by atoms with Crippen LogP contribution in [0.4, 0.5) is 11.4 Å². The SMILES string of the molecule is COc1ccc(C(=O)Nc2cccnc2)c(N)c1. The maximum absolute atomic E-state index is 12.0. The molecule has 1 amide bonds. The predicted molar refractivity (Wildman–Crippen MR) is 69.6 cm³/mol. The van der Waals surface area contributed by atoms with Crippen LogP contribution in [0.2, 0.25) is 0 Å². The number of nitrogen functional groups attached to an aromatic ring is 1. The fourth-order valence-electron chi connectivity index (χ4n) is 1.51. The number of rotatable bonds is 3. The molecule has 0 aliphatic carbocycles. The first kappa shape index (κ1) is 11.9. The van der Waals surface area contributed by atoms with Crippen molar-refractivity contribution in [2.24, 2.45) is 0 Å². The average molecular weight is 243 g/mol. The molecule has 3 N–H and O–H groups in total. The van der Waals surface area contributed by atoms with Gasteiger partial charge in [-0.05, 0) is 24.3 Å². The molecule has 0 aliphatic heterocycles. The first-order valence-electron chi connectivity index (χ1n) is 5.35. The number of nitrogens with two attached hydrogens (primary N) is 1. The number of carbonyl (C=O) groups is 1. The summed E-state index contributed by atoms with van der Waals surface area (Å²) in [6.07, 6.45) is 3.20. The molecular formula is C13H13N3O2. The molecule has 5 heteroatoms. The van der Waals surface area contributed by atoms with E-state index < -0.39 is 0 Å². The van der Waals surface area contributed by atoms with E-state index in [0.717, 1.165) is 0 Å². The monoisotopic (exact) mass is 243 g/mol. The summed E-state index contributed by atoms with van der Waals surface area (Å²) in [6, 6.07) is 8.42. The molecule has 0 aliphatic rings. The quantitative estimate of drug-likeness (QED) is 0.807. The summed E-state index contributed by atoms with van der Waals surface area (Å²) in [7, 11) is 1.55. The fourth-order valence-corrected chi connectivity index (χ4v) is 1.51. The van der Waals surface area contributed by atoms with Gasteiger partial charge in [-0.15, -0.1) is 0 Å². The Balaban J connectivity index is 2.19. The Morgan fingerprint density at radius 1 is 1.39 bits per heavy atom. The Morgan fingerprint density at radius 3 is 2.83 bits per heavy atom. The number of hydrogen-bond acceptors (Lipinski definition) is 4. The van der Waals surface area contributed by atoms with Crippen molar-refractivity contribution in [3.63, 3.8) is 0 Å². The summed E-state index contributed by atoms with van der Waals surface area (Å²) in [5.74, 6) is 0.341. The van der Waals surface area contributed by atoms with Crippen molar-refractivity contribution in [1.29, 1.82) is 0 Å². The van der Waals surface area contributed by atoms with Crippen LogP contribution in [0.15, 0.2) is 42.7 Å². The number of hydrogen-bond donors (Lipinski definition) is 2. The molecule has 92 valence electrons. The van der Waals surface area contributed by atoms with Crippen molar-refractivity contribution in [1.82, 2.24) is 4.98 Å². The lowest BCUT2D eigenvalue weighted by molar-refractivity contribution is 0.102. The number of nitrogens with one attached hydrogen (secondary N) is 1. The molecule has 1 aromatic heterocycles. The highest BCUT2D eigenvalue weighted by Gasteiger charge is 2.10. The molecule has 1 aromatic carbocycles. The average Bonchev–Trinajstić information content (AvgIpc) is 2.39. The van der Waals surface area contributed by atoms with E-state index in [-0.39, 0.29) is 5.91 Å². The molecule has 0 radical (unpaired) electrons. The minimum atomic E-state index is -0.275. The van der Waals surface area contributed by atoms with Crippen LogP contribution >= 0.6 is 0 Å². The number of nitrogens with zero attached hydrogens (tertiary/aromatic N) is 1. The Kier molecular flexibility index (Phi) is 3.43. The highest BCUT2D eigenvalue weighted by molar-refractivity contribution is 6.07. The number of aromatic nitrogens is 1. The van der Waals surface area contributed by atoms with Gasteiger partial charge in [0.05, 0.1) is 24.6 Å². The second kappa shape index (κ2) is 5.18. The van der Waals surface area contributed by atoms with Gasteiger partial charge in [-0.25, -0.2) is 0 Å². The largest absolute Gasteiger partial charge is 0.497 e. The third-order valence-corrected chi connectivity index (χ3v) is 2.42. The maximum atomic E-state index is 12.0. The normalized spacial score (nSPS) is 9.83. The molecule has 0 atom stereocenters. The number of ether oxygens (including phenoxy) is 1. The van der Waals surface area contributed by atoms with Crippen molar-refractivity contribution < 1.29 is 9.53 Å². The van der Waals surface area contributed by atoms with Crippen LogP contribution in [0.5, 0.6) is 5.75 Å². The van der Waals surface area contributed by atoms with Crippen LogP contribution < -0.4 is 15.8 Å². The van der Waals surface area contributed by atoms with E-state index in [0.29, 0.717) is 22.7 Å². The Hall–Kier alpha value is -2.56. The highest BCUT2D eigenvalue weighted by Crippen LogP contribution is 2.20. The molecule has 0 bridgehead atoms. The number of methoxy groups -OCH3 is 1. The number of pyridine rings is 1. The van der Waals surface area contributed by atoms with Crippen LogP contribution in [0.3, 0.4) is 0 Å². The Labute approximate surface area is 105 Å². The highest BCUT2D eigenvalue weighted by atomic mass is 16.5. The zero-order valence-electron chi connectivity index (χ0n) is 9.88. The summed E-state index contributed by atoms with van der Waals surface area (Å²) in [6.45, 7) is 0. The van der Waals surface area contributed by atoms with Gasteiger partial charge in [0.15, 0.2) is 0 Å². The van der Waals surface area contributed by atoms with Gasteiger partial charge in [-0.1, -0.05) is 0 Å². The summed E-state index contributed by atoms with van der Waals surface area (Å²) >= 11 is 0. The molecule has 1 heterocycles. The second-order valence-corrected chi connectivity index (χ2v) is 3.65. The lowest BCUT2D eigenvalue weighted by Gasteiger charge is -2.08. The van der Waals surface area contributed by atoms with Crippen molar-refractivity contribution >= 4 is 17.3 Å². The molecule has 2 aromatic rings. The summed E-state index contributed by atoms with van der Waals surface area (Å²) in [5.41, 5.74) is 7.19. The minimum Gasteiger partial charge on any atom is -0.497 e. The lowest BCUT2D eigenvalue weighted by Crippen LogP contribution is -2.14. The first-order valence-corrected chi connectivity index (χ1v) is 5.35. The number of anilines is 2. The number of amides is 1. The van der Waals surface area contributed by atoms with E-state index in [1.165, 1.54) is 0 Å². The summed E-state index contributed by atoms with van der Waals surface area (Å²) in [4.78, 5) is 15.9. The molecular weight excluding hydrogens is 230 g/mol. The van der Waals surface area contributed by atoms with Gasteiger partial charge in [0.25, 0.3) is 5.91 Å². The smallest absolute Gasteiger partial charge is 0.257 e. The molecule has 5 nitrogen and oxygen atoms in total. The van der Waals surface area contributed by atoms with E-state index in [4.69, 9.17) is 10.5 Å². The Morgan fingerprint density at radius 2 is 2.22 bits per heavy atom. The standard InChI is InChI=1S/C13H13N3O2/c1-18-10-4-5-11(12(14)7-10)13(17)16-9-3-2-6-15-8-9/h2-8H,14H2,1H3,(H,16,17). The predicted octanol–water partition coefficient (Wildman–Crippen LogP) is 1.92. The third kappa shape index (κ3) is 2.57. The molecule has 0 saturated carbocycles. The topological polar surface area (TPSA) is 77.2 Å². The van der Waals surface area contributed by atoms with Gasteiger partial charge in [0.2, 0.25) is 0 Å². The van der Waals surface area contributed by atoms with Crippen molar-refractivity contribution in [2.45, 2.75) is 0 Å². The molecule has 0 unspecified atom stereocenters. The van der Waals surface area contributed by atoms with Crippen LogP contribution in [0.1, 0.15) is 10.4 Å². The zero-order valence-corrected chi connectivity index (χ0v) is 9.88. The summed E-state index contributed by atoms with van der Waals surface area (Å²) in [5, 5.41) is 2.71. The van der Waals surface area contributed by atoms with Gasteiger partial charge < -0.3 is 15.8 Å². The van der Waals surface area contributed by atoms with Gasteiger partial charge in [0, 0.05) is 18.0 Å². The van der Waals surface area contributed by atoms with Crippen molar-refractivity contribution in [3.8, 4) is 5.75 Å². The molecule has 2 rings (SSSR count). The van der Waals surface area contributed by atoms with Crippen molar-refractivity contribution in [3.05, 3.63) is 48.3 Å². The maximum Gasteiger partial charge on any atom is 0.257 e. The molecule has 0 saturated heterocycles. The zero-order chi connectivity index (χ0) is 13.0. The van der Waals surface area contributed by atoms with Gasteiger partial charge in [-0.2, -0.15) is 0 Å². The van der Waals surface area contributed by atoms with Crippen LogP contribution in [0, 0.1) is 0 Å². The number of carbonyl (C=O) groups excluding carboxylic acids is 1. The van der Waals surface area contributed by atoms with E-state index in [1.54, 1.807) is 49.8 Å². The van der Waals surface area contributed by atoms with Crippen LogP contribution in [0.25, 0.3) is 0 Å². The molecule has 0 spiro atoms. The van der Waals surface area contributed by atoms with Gasteiger partial charge >= 0.3 is 0 Å². The number of benzene rings is 1. The van der Waals surface area contributed by atoms with Gasteiger partial charge in [-0.3, -0.25) is 9.78 Å². The van der Waals surface area contributed by atoms with E-state index in [9.17, 15) is 4.79 Å². The Bertz CT molecular complexity index is 555. The van der Waals surface area contributed by atoms with Crippen molar-refractivity contribution in [2.75, 3.05) is 18.2 Å². The van der Waals surface area contributed by atoms with Crippen LogP contribution in [-0.4, -0.2) is 18.0 Å². The fraction of sp³-hybridized carbons (Fsp3) is 0.0769. The lowest BCUT2D eigenvalue weighted by atomic mass is 10.1. The van der Waals surface area contributed by atoms with Gasteiger partial charge in [0.1, 0.15) is 5.75 Å².